The molecule has 0 heterocycles. The molecule has 0 aromatic heterocycles. The summed E-state index contributed by atoms with van der Waals surface area (Å²) in [6.07, 6.45) is 0. The van der Waals surface area contributed by atoms with Gasteiger partial charge < -0.3 is 4.74 Å². The van der Waals surface area contributed by atoms with Gasteiger partial charge in [-0.15, -0.1) is 0 Å². The summed E-state index contributed by atoms with van der Waals surface area (Å²) in [7, 11) is 0. The fourth-order valence-electron chi connectivity index (χ4n) is 0.899. The van der Waals surface area contributed by atoms with Gasteiger partial charge in [-0.25, -0.2) is 4.79 Å². The van der Waals surface area contributed by atoms with E-state index in [1.807, 2.05) is 6.07 Å². The Balaban J connectivity index is 2.79. The van der Waals surface area contributed by atoms with Crippen LogP contribution in [0, 0.1) is 11.3 Å². The number of benzene rings is 1. The summed E-state index contributed by atoms with van der Waals surface area (Å²) in [6, 6.07) is 8.18. The van der Waals surface area contributed by atoms with Gasteiger partial charge in [0.25, 0.3) is 0 Å². The molecule has 1 rings (SSSR count). The molecule has 0 spiro atoms. The first-order chi connectivity index (χ1) is 6.94. The van der Waals surface area contributed by atoms with Crippen LogP contribution in [-0.2, 0) is 4.74 Å². The minimum absolute atomic E-state index is 0.378. The van der Waals surface area contributed by atoms with Crippen LogP contribution < -0.4 is 0 Å². The maximum Gasteiger partial charge on any atom is 0.339 e. The van der Waals surface area contributed by atoms with Gasteiger partial charge in [0, 0.05) is 5.02 Å². The Morgan fingerprint density at radius 1 is 1.40 bits per heavy atom. The smallest absolute Gasteiger partial charge is 0.339 e. The van der Waals surface area contributed by atoms with Crippen LogP contribution in [0.3, 0.4) is 0 Å². The third kappa shape index (κ3) is 3.26. The van der Waals surface area contributed by atoms with E-state index in [0.29, 0.717) is 10.6 Å². The zero-order chi connectivity index (χ0) is 11.5. The lowest BCUT2D eigenvalue weighted by Gasteiger charge is -2.16. The topological polar surface area (TPSA) is 50.1 Å². The SMILES string of the molecule is CC(C)(C#N)OC(=O)c1ccc(Cl)cc1. The molecule has 0 unspecified atom stereocenters. The van der Waals surface area contributed by atoms with Crippen LogP contribution in [-0.4, -0.2) is 11.6 Å². The number of esters is 1. The van der Waals surface area contributed by atoms with E-state index in [-0.39, 0.29) is 0 Å². The third-order valence-corrected chi connectivity index (χ3v) is 1.95. The Morgan fingerprint density at radius 2 is 1.93 bits per heavy atom. The number of ether oxygens (including phenoxy) is 1. The highest BCUT2D eigenvalue weighted by Crippen LogP contribution is 2.14. The molecule has 3 nitrogen and oxygen atoms in total. The van der Waals surface area contributed by atoms with Gasteiger partial charge in [0.15, 0.2) is 5.60 Å². The van der Waals surface area contributed by atoms with Gasteiger partial charge in [0.05, 0.1) is 5.56 Å². The normalized spacial score (nSPS) is 10.5. The summed E-state index contributed by atoms with van der Waals surface area (Å²) in [6.45, 7) is 3.06. The highest BCUT2D eigenvalue weighted by Gasteiger charge is 2.22. The van der Waals surface area contributed by atoms with Crippen LogP contribution in [0.4, 0.5) is 0 Å². The number of nitriles is 1. The predicted molar refractivity (Wildman–Crippen MR) is 56.6 cm³/mol. The number of carbonyl (C=O) groups excluding carboxylic acids is 1. The molecular formula is C11H10ClNO2. The second-order valence-corrected chi connectivity index (χ2v) is 3.95. The van der Waals surface area contributed by atoms with Gasteiger partial charge in [0.2, 0.25) is 0 Å². The first-order valence-electron chi connectivity index (χ1n) is 4.35. The van der Waals surface area contributed by atoms with Crippen LogP contribution in [0.15, 0.2) is 24.3 Å². The largest absolute Gasteiger partial charge is 0.441 e. The summed E-state index contributed by atoms with van der Waals surface area (Å²) in [5, 5.41) is 9.23. The number of rotatable bonds is 2. The van der Waals surface area contributed by atoms with E-state index >= 15 is 0 Å². The van der Waals surface area contributed by atoms with Crippen molar-refractivity contribution >= 4 is 17.6 Å². The van der Waals surface area contributed by atoms with E-state index in [2.05, 4.69) is 0 Å². The summed E-state index contributed by atoms with van der Waals surface area (Å²) in [5.74, 6) is -0.529. The highest BCUT2D eigenvalue weighted by atomic mass is 35.5. The second-order valence-electron chi connectivity index (χ2n) is 3.52. The molecule has 78 valence electrons. The van der Waals surface area contributed by atoms with Gasteiger partial charge in [0.1, 0.15) is 6.07 Å². The van der Waals surface area contributed by atoms with Crippen molar-refractivity contribution < 1.29 is 9.53 Å². The van der Waals surface area contributed by atoms with Crippen molar-refractivity contribution in [1.82, 2.24) is 0 Å². The molecule has 0 radical (unpaired) electrons. The van der Waals surface area contributed by atoms with Crippen molar-refractivity contribution in [2.45, 2.75) is 19.4 Å². The monoisotopic (exact) mass is 223 g/mol. The lowest BCUT2D eigenvalue weighted by atomic mass is 10.1. The quantitative estimate of drug-likeness (QED) is 0.725. The average Bonchev–Trinajstić information content (AvgIpc) is 2.18. The molecule has 1 aromatic rings. The van der Waals surface area contributed by atoms with Crippen molar-refractivity contribution in [2.24, 2.45) is 0 Å². The molecule has 0 bridgehead atoms. The van der Waals surface area contributed by atoms with Crippen LogP contribution in [0.2, 0.25) is 5.02 Å². The Bertz CT molecular complexity index is 404. The molecule has 0 saturated carbocycles. The van der Waals surface area contributed by atoms with Crippen molar-refractivity contribution in [3.05, 3.63) is 34.9 Å². The summed E-state index contributed by atoms with van der Waals surface area (Å²) in [4.78, 5) is 11.5. The average molecular weight is 224 g/mol. The Labute approximate surface area is 93.2 Å². The Hall–Kier alpha value is -1.53. The first-order valence-corrected chi connectivity index (χ1v) is 4.72. The molecule has 0 aliphatic rings. The first kappa shape index (κ1) is 11.5. The molecule has 15 heavy (non-hydrogen) atoms. The van der Waals surface area contributed by atoms with Gasteiger partial charge in [-0.1, -0.05) is 11.6 Å². The van der Waals surface area contributed by atoms with E-state index < -0.39 is 11.6 Å². The lowest BCUT2D eigenvalue weighted by molar-refractivity contribution is 0.0198. The van der Waals surface area contributed by atoms with E-state index in [1.165, 1.54) is 13.8 Å². The zero-order valence-electron chi connectivity index (χ0n) is 8.45. The number of nitrogens with zero attached hydrogens (tertiary/aromatic N) is 1. The summed E-state index contributed by atoms with van der Waals surface area (Å²) < 4.78 is 4.97. The minimum Gasteiger partial charge on any atom is -0.441 e. The molecule has 0 fully saturated rings. The fraction of sp³-hybridized carbons (Fsp3) is 0.273. The van der Waals surface area contributed by atoms with Gasteiger partial charge >= 0.3 is 5.97 Å². The summed E-state index contributed by atoms with van der Waals surface area (Å²) in [5.41, 5.74) is -0.737. The Kier molecular flexibility index (Phi) is 3.33. The molecule has 0 atom stereocenters. The molecule has 1 aromatic carbocycles. The Morgan fingerprint density at radius 3 is 2.40 bits per heavy atom. The molecule has 0 saturated heterocycles. The van der Waals surface area contributed by atoms with Crippen molar-refractivity contribution in [2.75, 3.05) is 0 Å². The van der Waals surface area contributed by atoms with Crippen LogP contribution in [0.5, 0.6) is 0 Å². The highest BCUT2D eigenvalue weighted by molar-refractivity contribution is 6.30. The third-order valence-electron chi connectivity index (χ3n) is 1.70. The number of hydrogen-bond acceptors (Lipinski definition) is 3. The molecule has 0 amide bonds. The maximum absolute atomic E-state index is 11.5. The van der Waals surface area contributed by atoms with Crippen molar-refractivity contribution in [3.8, 4) is 6.07 Å². The van der Waals surface area contributed by atoms with E-state index in [1.54, 1.807) is 24.3 Å². The van der Waals surface area contributed by atoms with Crippen LogP contribution in [0.25, 0.3) is 0 Å². The van der Waals surface area contributed by atoms with E-state index in [9.17, 15) is 4.79 Å². The zero-order valence-corrected chi connectivity index (χ0v) is 9.21. The second kappa shape index (κ2) is 4.33. The minimum atomic E-state index is -1.11. The van der Waals surface area contributed by atoms with E-state index in [4.69, 9.17) is 21.6 Å². The van der Waals surface area contributed by atoms with Crippen molar-refractivity contribution in [3.63, 3.8) is 0 Å². The van der Waals surface area contributed by atoms with Gasteiger partial charge in [-0.3, -0.25) is 0 Å². The maximum atomic E-state index is 11.5. The molecule has 4 heteroatoms. The summed E-state index contributed by atoms with van der Waals surface area (Å²) >= 11 is 5.67. The van der Waals surface area contributed by atoms with Gasteiger partial charge in [-0.05, 0) is 38.1 Å². The number of carbonyl (C=O) groups is 1. The predicted octanol–water partition coefficient (Wildman–Crippen LogP) is 2.80. The molecular weight excluding hydrogens is 214 g/mol. The lowest BCUT2D eigenvalue weighted by Crippen LogP contribution is -2.25. The molecule has 0 aliphatic heterocycles. The molecule has 0 aliphatic carbocycles. The molecule has 0 N–H and O–H groups in total. The van der Waals surface area contributed by atoms with E-state index in [0.717, 1.165) is 0 Å². The number of halogens is 1. The van der Waals surface area contributed by atoms with Gasteiger partial charge in [-0.2, -0.15) is 5.26 Å². The van der Waals surface area contributed by atoms with Crippen LogP contribution in [0.1, 0.15) is 24.2 Å². The van der Waals surface area contributed by atoms with Crippen molar-refractivity contribution in [1.29, 1.82) is 5.26 Å². The van der Waals surface area contributed by atoms with Crippen LogP contribution >= 0.6 is 11.6 Å². The standard InChI is InChI=1S/C11H10ClNO2/c1-11(2,7-13)15-10(14)8-3-5-9(12)6-4-8/h3-6H,1-2H3. The number of hydrogen-bond donors (Lipinski definition) is 0. The fourth-order valence-corrected chi connectivity index (χ4v) is 1.03.